The molecule has 1 aromatic heterocycles. The van der Waals surface area contributed by atoms with Gasteiger partial charge in [0.15, 0.2) is 0 Å². The van der Waals surface area contributed by atoms with Gasteiger partial charge in [0.05, 0.1) is 11.1 Å². The first-order chi connectivity index (χ1) is 9.01. The van der Waals surface area contributed by atoms with Crippen LogP contribution in [0.5, 0.6) is 0 Å². The Morgan fingerprint density at radius 3 is 2.63 bits per heavy atom. The zero-order chi connectivity index (χ0) is 14.0. The third kappa shape index (κ3) is 3.51. The van der Waals surface area contributed by atoms with Gasteiger partial charge in [-0.05, 0) is 59.6 Å². The Hall–Kier alpha value is -0.550. The van der Waals surface area contributed by atoms with E-state index in [-0.39, 0.29) is 6.04 Å². The van der Waals surface area contributed by atoms with Gasteiger partial charge in [-0.25, -0.2) is 0 Å². The Morgan fingerprint density at radius 2 is 2.11 bits per heavy atom. The summed E-state index contributed by atoms with van der Waals surface area (Å²) in [5.74, 6) is 0. The summed E-state index contributed by atoms with van der Waals surface area (Å²) in [5, 5.41) is 4.14. The molecule has 0 saturated heterocycles. The lowest BCUT2D eigenvalue weighted by Crippen LogP contribution is -2.20. The molecule has 3 N–H and O–H groups in total. The number of halogens is 2. The molecule has 0 spiro atoms. The van der Waals surface area contributed by atoms with Gasteiger partial charge in [0, 0.05) is 26.5 Å². The normalized spacial score (nSPS) is 12.5. The highest BCUT2D eigenvalue weighted by atomic mass is 79.9. The van der Waals surface area contributed by atoms with Gasteiger partial charge in [-0.2, -0.15) is 0 Å². The zero-order valence-corrected chi connectivity index (χ0v) is 14.0. The minimum atomic E-state index is 0.113. The first-order valence-electron chi connectivity index (χ1n) is 6.00. The monoisotopic (exact) mass is 358 g/mol. The van der Waals surface area contributed by atoms with Crippen molar-refractivity contribution < 1.29 is 0 Å². The van der Waals surface area contributed by atoms with Crippen molar-refractivity contribution in [3.8, 4) is 0 Å². The number of thiophene rings is 1. The van der Waals surface area contributed by atoms with E-state index in [1.54, 1.807) is 11.3 Å². The molecule has 102 valence electrons. The van der Waals surface area contributed by atoms with Gasteiger partial charge in [0.1, 0.15) is 0 Å². The standard InChI is InChI=1S/C14H16BrClN2S/c1-8-5-11(9(2)19-8)14(7-17)18-10-3-4-12(15)13(16)6-10/h3-6,14,18H,7,17H2,1-2H3. The maximum atomic E-state index is 6.11. The summed E-state index contributed by atoms with van der Waals surface area (Å²) < 4.78 is 0.895. The number of anilines is 1. The van der Waals surface area contributed by atoms with Crippen LogP contribution in [-0.2, 0) is 0 Å². The summed E-state index contributed by atoms with van der Waals surface area (Å²) in [7, 11) is 0. The number of aryl methyl sites for hydroxylation is 2. The van der Waals surface area contributed by atoms with Crippen molar-refractivity contribution in [1.82, 2.24) is 0 Å². The fraction of sp³-hybridized carbons (Fsp3) is 0.286. The second-order valence-corrected chi connectivity index (χ2v) is 7.15. The molecule has 0 aliphatic heterocycles. The molecule has 1 unspecified atom stereocenters. The van der Waals surface area contributed by atoms with Crippen molar-refractivity contribution in [1.29, 1.82) is 0 Å². The lowest BCUT2D eigenvalue weighted by molar-refractivity contribution is 0.788. The maximum absolute atomic E-state index is 6.11. The molecular formula is C14H16BrClN2S. The second kappa shape index (κ2) is 6.27. The van der Waals surface area contributed by atoms with Gasteiger partial charge in [-0.15, -0.1) is 11.3 Å². The van der Waals surface area contributed by atoms with E-state index in [2.05, 4.69) is 41.2 Å². The minimum Gasteiger partial charge on any atom is -0.377 e. The number of benzene rings is 1. The molecule has 0 amide bonds. The molecule has 0 fully saturated rings. The van der Waals surface area contributed by atoms with E-state index in [9.17, 15) is 0 Å². The quantitative estimate of drug-likeness (QED) is 0.815. The van der Waals surface area contributed by atoms with Crippen LogP contribution in [-0.4, -0.2) is 6.54 Å². The second-order valence-electron chi connectivity index (χ2n) is 4.43. The highest BCUT2D eigenvalue weighted by molar-refractivity contribution is 9.10. The molecule has 0 aliphatic rings. The third-order valence-corrected chi connectivity index (χ3v) is 5.17. The number of hydrogen-bond donors (Lipinski definition) is 2. The molecule has 1 aromatic carbocycles. The van der Waals surface area contributed by atoms with Crippen molar-refractivity contribution in [2.75, 3.05) is 11.9 Å². The molecule has 1 heterocycles. The summed E-state index contributed by atoms with van der Waals surface area (Å²) in [6, 6.07) is 8.15. The van der Waals surface area contributed by atoms with Crippen molar-refractivity contribution in [3.63, 3.8) is 0 Å². The molecule has 0 aliphatic carbocycles. The highest BCUT2D eigenvalue weighted by Crippen LogP contribution is 2.30. The van der Waals surface area contributed by atoms with E-state index in [1.807, 2.05) is 18.2 Å². The predicted octanol–water partition coefficient (Wildman–Crippen LogP) is 4.89. The Bertz CT molecular complexity index is 583. The highest BCUT2D eigenvalue weighted by Gasteiger charge is 2.14. The minimum absolute atomic E-state index is 0.113. The summed E-state index contributed by atoms with van der Waals surface area (Å²) >= 11 is 11.3. The van der Waals surface area contributed by atoms with Gasteiger partial charge in [0.2, 0.25) is 0 Å². The van der Waals surface area contributed by atoms with Crippen LogP contribution in [0.3, 0.4) is 0 Å². The largest absolute Gasteiger partial charge is 0.377 e. The van der Waals surface area contributed by atoms with Crippen LogP contribution in [0.4, 0.5) is 5.69 Å². The molecule has 19 heavy (non-hydrogen) atoms. The lowest BCUT2D eigenvalue weighted by atomic mass is 10.1. The van der Waals surface area contributed by atoms with Gasteiger partial charge >= 0.3 is 0 Å². The molecule has 5 heteroatoms. The Balaban J connectivity index is 2.23. The first-order valence-corrected chi connectivity index (χ1v) is 7.98. The fourth-order valence-electron chi connectivity index (χ4n) is 2.05. The maximum Gasteiger partial charge on any atom is 0.0647 e. The van der Waals surface area contributed by atoms with E-state index in [0.29, 0.717) is 11.6 Å². The van der Waals surface area contributed by atoms with Crippen molar-refractivity contribution in [2.45, 2.75) is 19.9 Å². The molecule has 0 saturated carbocycles. The van der Waals surface area contributed by atoms with Gasteiger partial charge in [-0.3, -0.25) is 0 Å². The summed E-state index contributed by atoms with van der Waals surface area (Å²) in [5.41, 5.74) is 8.14. The van der Waals surface area contributed by atoms with Crippen LogP contribution in [0.25, 0.3) is 0 Å². The smallest absolute Gasteiger partial charge is 0.0647 e. The molecule has 1 atom stereocenters. The Morgan fingerprint density at radius 1 is 1.37 bits per heavy atom. The molecule has 0 bridgehead atoms. The fourth-order valence-corrected chi connectivity index (χ4v) is 3.46. The van der Waals surface area contributed by atoms with Crippen LogP contribution < -0.4 is 11.1 Å². The summed E-state index contributed by atoms with van der Waals surface area (Å²) in [6.45, 7) is 4.79. The Kier molecular flexibility index (Phi) is 4.90. The number of hydrogen-bond acceptors (Lipinski definition) is 3. The lowest BCUT2D eigenvalue weighted by Gasteiger charge is -2.18. The van der Waals surface area contributed by atoms with Gasteiger partial charge in [-0.1, -0.05) is 11.6 Å². The summed E-state index contributed by atoms with van der Waals surface area (Å²) in [6.07, 6.45) is 0. The van der Waals surface area contributed by atoms with E-state index >= 15 is 0 Å². The van der Waals surface area contributed by atoms with Crippen LogP contribution in [0.2, 0.25) is 5.02 Å². The predicted molar refractivity (Wildman–Crippen MR) is 88.4 cm³/mol. The third-order valence-electron chi connectivity index (χ3n) is 2.95. The van der Waals surface area contributed by atoms with E-state index < -0.39 is 0 Å². The number of rotatable bonds is 4. The van der Waals surface area contributed by atoms with Gasteiger partial charge < -0.3 is 11.1 Å². The average Bonchev–Trinajstić information content (AvgIpc) is 2.70. The van der Waals surface area contributed by atoms with E-state index in [0.717, 1.165) is 10.2 Å². The van der Waals surface area contributed by atoms with E-state index in [1.165, 1.54) is 15.3 Å². The zero-order valence-electron chi connectivity index (χ0n) is 10.8. The molecule has 2 rings (SSSR count). The average molecular weight is 360 g/mol. The number of nitrogens with one attached hydrogen (secondary N) is 1. The molecular weight excluding hydrogens is 344 g/mol. The molecule has 2 nitrogen and oxygen atoms in total. The SMILES string of the molecule is Cc1cc(C(CN)Nc2ccc(Br)c(Cl)c2)c(C)s1. The number of nitrogens with two attached hydrogens (primary N) is 1. The molecule has 0 radical (unpaired) electrons. The van der Waals surface area contributed by atoms with Gasteiger partial charge in [0.25, 0.3) is 0 Å². The van der Waals surface area contributed by atoms with Crippen LogP contribution in [0.1, 0.15) is 21.4 Å². The van der Waals surface area contributed by atoms with Crippen molar-refractivity contribution >= 4 is 44.6 Å². The van der Waals surface area contributed by atoms with E-state index in [4.69, 9.17) is 17.3 Å². The first kappa shape index (κ1) is 14.9. The van der Waals surface area contributed by atoms with Crippen molar-refractivity contribution in [3.05, 3.63) is 49.1 Å². The summed E-state index contributed by atoms with van der Waals surface area (Å²) in [4.78, 5) is 2.62. The van der Waals surface area contributed by atoms with Crippen molar-refractivity contribution in [2.24, 2.45) is 5.73 Å². The molecule has 2 aromatic rings. The van der Waals surface area contributed by atoms with Crippen LogP contribution >= 0.6 is 38.9 Å². The van der Waals surface area contributed by atoms with Crippen LogP contribution in [0.15, 0.2) is 28.7 Å². The Labute approximate surface area is 131 Å². The van der Waals surface area contributed by atoms with Crippen LogP contribution in [0, 0.1) is 13.8 Å². The topological polar surface area (TPSA) is 38.0 Å².